The molecule has 0 aliphatic heterocycles. The highest BCUT2D eigenvalue weighted by atomic mass is 16.5. The molecule has 5 heteroatoms. The molecule has 2 aromatic heterocycles. The number of aryl methyl sites for hydroxylation is 1. The topological polar surface area (TPSA) is 43.2 Å². The lowest BCUT2D eigenvalue weighted by atomic mass is 10.2. The maximum absolute atomic E-state index is 5.23. The normalized spacial score (nSPS) is 11.2. The molecule has 0 spiro atoms. The van der Waals surface area contributed by atoms with Crippen LogP contribution < -0.4 is 9.64 Å². The fourth-order valence-corrected chi connectivity index (χ4v) is 2.75. The van der Waals surface area contributed by atoms with Crippen molar-refractivity contribution in [2.45, 2.75) is 26.8 Å². The second kappa shape index (κ2) is 5.91. The summed E-state index contributed by atoms with van der Waals surface area (Å²) in [5.41, 5.74) is 3.09. The molecular formula is C18H22N4O. The van der Waals surface area contributed by atoms with E-state index >= 15 is 0 Å². The van der Waals surface area contributed by atoms with Gasteiger partial charge in [-0.05, 0) is 51.1 Å². The minimum absolute atomic E-state index is 0.349. The van der Waals surface area contributed by atoms with E-state index in [2.05, 4.69) is 40.6 Å². The van der Waals surface area contributed by atoms with Crippen LogP contribution in [0.4, 0.5) is 11.5 Å². The van der Waals surface area contributed by atoms with E-state index in [1.165, 1.54) is 0 Å². The predicted octanol–water partition coefficient (Wildman–Crippen LogP) is 4.10. The standard InChI is InChI=1S/C18H22N4O/c1-12(2)22-11-10-16-17(22)18(20-13(3)19-16)21(4)14-6-8-15(23-5)9-7-14/h6-12H,1-5H3. The molecule has 23 heavy (non-hydrogen) atoms. The Labute approximate surface area is 136 Å². The Balaban J connectivity index is 2.14. The van der Waals surface area contributed by atoms with Crippen molar-refractivity contribution in [3.8, 4) is 5.75 Å². The molecular weight excluding hydrogens is 288 g/mol. The van der Waals surface area contributed by atoms with Crippen molar-refractivity contribution in [2.75, 3.05) is 19.1 Å². The first-order chi connectivity index (χ1) is 11.0. The first-order valence-corrected chi connectivity index (χ1v) is 7.74. The summed E-state index contributed by atoms with van der Waals surface area (Å²) < 4.78 is 7.45. The van der Waals surface area contributed by atoms with Crippen LogP contribution in [0.1, 0.15) is 25.7 Å². The zero-order valence-corrected chi connectivity index (χ0v) is 14.2. The van der Waals surface area contributed by atoms with Gasteiger partial charge < -0.3 is 14.2 Å². The SMILES string of the molecule is COc1ccc(N(C)c2nc(C)nc3ccn(C(C)C)c23)cc1. The van der Waals surface area contributed by atoms with Crippen LogP contribution in [0.25, 0.3) is 11.0 Å². The molecule has 0 saturated heterocycles. The second-order valence-corrected chi connectivity index (χ2v) is 5.90. The number of benzene rings is 1. The van der Waals surface area contributed by atoms with Gasteiger partial charge in [-0.2, -0.15) is 0 Å². The second-order valence-electron chi connectivity index (χ2n) is 5.90. The number of hydrogen-bond acceptors (Lipinski definition) is 4. The van der Waals surface area contributed by atoms with Gasteiger partial charge in [0.1, 0.15) is 17.1 Å². The average molecular weight is 310 g/mol. The van der Waals surface area contributed by atoms with Gasteiger partial charge in [-0.15, -0.1) is 0 Å². The Morgan fingerprint density at radius 3 is 2.39 bits per heavy atom. The quantitative estimate of drug-likeness (QED) is 0.728. The van der Waals surface area contributed by atoms with E-state index in [1.54, 1.807) is 7.11 Å². The first kappa shape index (κ1) is 15.3. The minimum atomic E-state index is 0.349. The molecule has 1 aromatic carbocycles. The van der Waals surface area contributed by atoms with Crippen LogP contribution in [0.15, 0.2) is 36.5 Å². The summed E-state index contributed by atoms with van der Waals surface area (Å²) in [6, 6.07) is 10.4. The number of ether oxygens (including phenoxy) is 1. The van der Waals surface area contributed by atoms with Crippen molar-refractivity contribution < 1.29 is 4.74 Å². The van der Waals surface area contributed by atoms with Crippen LogP contribution >= 0.6 is 0 Å². The van der Waals surface area contributed by atoms with Gasteiger partial charge in [0.2, 0.25) is 0 Å². The summed E-state index contributed by atoms with van der Waals surface area (Å²) in [4.78, 5) is 11.4. The fourth-order valence-electron chi connectivity index (χ4n) is 2.75. The zero-order chi connectivity index (χ0) is 16.6. The largest absolute Gasteiger partial charge is 0.497 e. The summed E-state index contributed by atoms with van der Waals surface area (Å²) in [5, 5.41) is 0. The van der Waals surface area contributed by atoms with Crippen LogP contribution in [0.2, 0.25) is 0 Å². The Bertz CT molecular complexity index is 821. The third-order valence-electron chi connectivity index (χ3n) is 3.99. The van der Waals surface area contributed by atoms with E-state index in [0.29, 0.717) is 6.04 Å². The van der Waals surface area contributed by atoms with Crippen molar-refractivity contribution in [1.82, 2.24) is 14.5 Å². The molecule has 0 saturated carbocycles. The molecule has 0 N–H and O–H groups in total. The summed E-state index contributed by atoms with van der Waals surface area (Å²) in [5.74, 6) is 2.53. The number of nitrogens with zero attached hydrogens (tertiary/aromatic N) is 4. The number of hydrogen-bond donors (Lipinski definition) is 0. The van der Waals surface area contributed by atoms with E-state index in [0.717, 1.165) is 34.1 Å². The van der Waals surface area contributed by atoms with Gasteiger partial charge in [0.05, 0.1) is 12.6 Å². The molecule has 0 amide bonds. The molecule has 0 radical (unpaired) electrons. The van der Waals surface area contributed by atoms with Gasteiger partial charge in [0.25, 0.3) is 0 Å². The van der Waals surface area contributed by atoms with Crippen molar-refractivity contribution in [3.05, 3.63) is 42.4 Å². The molecule has 0 atom stereocenters. The van der Waals surface area contributed by atoms with Crippen LogP contribution in [0.5, 0.6) is 5.75 Å². The lowest BCUT2D eigenvalue weighted by Gasteiger charge is -2.22. The Kier molecular flexibility index (Phi) is 3.94. The Hall–Kier alpha value is -2.56. The van der Waals surface area contributed by atoms with Gasteiger partial charge in [-0.25, -0.2) is 9.97 Å². The molecule has 5 nitrogen and oxygen atoms in total. The first-order valence-electron chi connectivity index (χ1n) is 7.74. The smallest absolute Gasteiger partial charge is 0.161 e. The molecule has 3 rings (SSSR count). The average Bonchev–Trinajstić information content (AvgIpc) is 2.97. The number of methoxy groups -OCH3 is 1. The molecule has 0 unspecified atom stereocenters. The van der Waals surface area contributed by atoms with Crippen molar-refractivity contribution in [2.24, 2.45) is 0 Å². The monoisotopic (exact) mass is 310 g/mol. The minimum Gasteiger partial charge on any atom is -0.497 e. The number of fused-ring (bicyclic) bond motifs is 1. The molecule has 120 valence electrons. The van der Waals surface area contributed by atoms with Crippen LogP contribution in [-0.2, 0) is 0 Å². The van der Waals surface area contributed by atoms with E-state index in [-0.39, 0.29) is 0 Å². The van der Waals surface area contributed by atoms with Crippen LogP contribution in [0.3, 0.4) is 0 Å². The van der Waals surface area contributed by atoms with Crippen molar-refractivity contribution >= 4 is 22.5 Å². The van der Waals surface area contributed by atoms with E-state index < -0.39 is 0 Å². The van der Waals surface area contributed by atoms with Crippen molar-refractivity contribution in [1.29, 1.82) is 0 Å². The number of anilines is 2. The third-order valence-corrected chi connectivity index (χ3v) is 3.99. The summed E-state index contributed by atoms with van der Waals surface area (Å²) in [6.07, 6.45) is 2.08. The Morgan fingerprint density at radius 1 is 1.09 bits per heavy atom. The lowest BCUT2D eigenvalue weighted by Crippen LogP contribution is -2.14. The third kappa shape index (κ3) is 2.74. The van der Waals surface area contributed by atoms with Gasteiger partial charge >= 0.3 is 0 Å². The molecule has 0 fully saturated rings. The van der Waals surface area contributed by atoms with E-state index in [4.69, 9.17) is 9.72 Å². The molecule has 0 aliphatic carbocycles. The van der Waals surface area contributed by atoms with E-state index in [9.17, 15) is 0 Å². The van der Waals surface area contributed by atoms with Gasteiger partial charge in [-0.1, -0.05) is 0 Å². The number of aromatic nitrogens is 3. The molecule has 2 heterocycles. The van der Waals surface area contributed by atoms with Crippen molar-refractivity contribution in [3.63, 3.8) is 0 Å². The highest BCUT2D eigenvalue weighted by Gasteiger charge is 2.17. The van der Waals surface area contributed by atoms with Gasteiger partial charge in [-0.3, -0.25) is 0 Å². The predicted molar refractivity (Wildman–Crippen MR) is 93.7 cm³/mol. The Morgan fingerprint density at radius 2 is 1.78 bits per heavy atom. The summed E-state index contributed by atoms with van der Waals surface area (Å²) in [6.45, 7) is 6.25. The molecule has 0 bridgehead atoms. The van der Waals surface area contributed by atoms with Gasteiger partial charge in [0, 0.05) is 25.0 Å². The molecule has 3 aromatic rings. The maximum Gasteiger partial charge on any atom is 0.161 e. The zero-order valence-electron chi connectivity index (χ0n) is 14.2. The highest BCUT2D eigenvalue weighted by molar-refractivity contribution is 5.89. The highest BCUT2D eigenvalue weighted by Crippen LogP contribution is 2.31. The van der Waals surface area contributed by atoms with Crippen LogP contribution in [0, 0.1) is 6.92 Å². The number of rotatable bonds is 4. The van der Waals surface area contributed by atoms with E-state index in [1.807, 2.05) is 38.2 Å². The maximum atomic E-state index is 5.23. The molecule has 0 aliphatic rings. The fraction of sp³-hybridized carbons (Fsp3) is 0.333. The van der Waals surface area contributed by atoms with Gasteiger partial charge in [0.15, 0.2) is 5.82 Å². The lowest BCUT2D eigenvalue weighted by molar-refractivity contribution is 0.415. The summed E-state index contributed by atoms with van der Waals surface area (Å²) in [7, 11) is 3.70. The van der Waals surface area contributed by atoms with Crippen LogP contribution in [-0.4, -0.2) is 28.7 Å². The summed E-state index contributed by atoms with van der Waals surface area (Å²) >= 11 is 0.